The van der Waals surface area contributed by atoms with Gasteiger partial charge in [-0.3, -0.25) is 9.59 Å². The molecule has 0 aromatic rings. The number of allylic oxidation sites excluding steroid dienone is 3. The zero-order valence-electron chi connectivity index (χ0n) is 50.8. The molecule has 0 spiro atoms. The molecule has 0 fully saturated rings. The second-order valence-electron chi connectivity index (χ2n) is 23.5. The topological polar surface area (TPSA) is 95.9 Å². The third-order valence-corrected chi connectivity index (χ3v) is 16.0. The van der Waals surface area contributed by atoms with Crippen LogP contribution in [0.2, 0.25) is 0 Å². The second-order valence-corrected chi connectivity index (χ2v) is 23.5. The molecule has 0 aliphatic rings. The summed E-state index contributed by atoms with van der Waals surface area (Å²) in [6.07, 6.45) is 81.2. The van der Waals surface area contributed by atoms with E-state index in [1.807, 2.05) is 6.08 Å². The van der Waals surface area contributed by atoms with Crippen molar-refractivity contribution in [3.05, 3.63) is 24.3 Å². The lowest BCUT2D eigenvalue weighted by Gasteiger charge is -2.20. The minimum atomic E-state index is -0.840. The van der Waals surface area contributed by atoms with Gasteiger partial charge in [0.25, 0.3) is 0 Å². The van der Waals surface area contributed by atoms with Crippen molar-refractivity contribution in [1.29, 1.82) is 0 Å². The summed E-state index contributed by atoms with van der Waals surface area (Å²) in [6.45, 7) is 4.92. The molecular formula is C69H133NO5. The molecule has 6 nitrogen and oxygen atoms in total. The monoisotopic (exact) mass is 1060 g/mol. The maximum atomic E-state index is 12.4. The molecule has 0 aromatic carbocycles. The van der Waals surface area contributed by atoms with Crippen LogP contribution in [0.4, 0.5) is 0 Å². The quantitative estimate of drug-likeness (QED) is 0.0320. The first-order valence-corrected chi connectivity index (χ1v) is 34.1. The number of rotatable bonds is 64. The van der Waals surface area contributed by atoms with Crippen LogP contribution in [-0.4, -0.2) is 47.4 Å². The van der Waals surface area contributed by atoms with Crippen LogP contribution in [0, 0.1) is 0 Å². The summed E-state index contributed by atoms with van der Waals surface area (Å²) in [5.41, 5.74) is 0. The summed E-state index contributed by atoms with van der Waals surface area (Å²) in [7, 11) is 0. The third-order valence-electron chi connectivity index (χ3n) is 16.0. The molecule has 0 saturated heterocycles. The van der Waals surface area contributed by atoms with Gasteiger partial charge in [-0.05, 0) is 57.8 Å². The van der Waals surface area contributed by atoms with Crippen molar-refractivity contribution >= 4 is 11.9 Å². The number of ether oxygens (including phenoxy) is 1. The number of amides is 1. The Balaban J connectivity index is 3.32. The Hall–Kier alpha value is -1.66. The standard InChI is InChI=1S/C69H133NO5/c1-3-5-7-9-11-13-15-16-17-37-40-43-47-51-55-59-63-69(74)75-64-60-56-52-48-44-41-38-35-33-31-29-27-25-23-21-19-18-20-22-24-26-28-30-32-34-36-39-42-46-50-54-58-62-68(73)70-66(65-71)67(72)61-57-53-49-45-14-12-10-8-6-4-2/h21,23,57,61,66-67,71-72H,3-20,22,24-56,58-60,62-65H2,1-2H3,(H,70,73)/b23-21-,61-57+. The average molecular weight is 1060 g/mol. The SMILES string of the molecule is CCCCCCCCCC/C=C/C(O)C(CO)NC(=O)CCCCCCCCCCCCCCCCCC/C=C\CCCCCCCCCCCCCCOC(=O)CCCCCCCCCCCCCCCCCC. The summed E-state index contributed by atoms with van der Waals surface area (Å²) in [4.78, 5) is 24.5. The van der Waals surface area contributed by atoms with Gasteiger partial charge in [0.15, 0.2) is 0 Å². The van der Waals surface area contributed by atoms with Crippen LogP contribution < -0.4 is 5.32 Å². The Morgan fingerprint density at radius 3 is 0.947 bits per heavy atom. The van der Waals surface area contributed by atoms with Gasteiger partial charge in [0, 0.05) is 12.8 Å². The van der Waals surface area contributed by atoms with E-state index in [-0.39, 0.29) is 18.5 Å². The molecule has 0 radical (unpaired) electrons. The normalized spacial score (nSPS) is 12.6. The lowest BCUT2D eigenvalue weighted by atomic mass is 10.0. The predicted octanol–water partition coefficient (Wildman–Crippen LogP) is 21.8. The van der Waals surface area contributed by atoms with E-state index in [4.69, 9.17) is 4.74 Å². The van der Waals surface area contributed by atoms with Crippen molar-refractivity contribution in [3.63, 3.8) is 0 Å². The Morgan fingerprint density at radius 2 is 0.627 bits per heavy atom. The first kappa shape index (κ1) is 73.3. The number of unbranched alkanes of at least 4 members (excludes halogenated alkanes) is 51. The predicted molar refractivity (Wildman–Crippen MR) is 329 cm³/mol. The number of esters is 1. The average Bonchev–Trinajstić information content (AvgIpc) is 3.41. The Kier molecular flexibility index (Phi) is 63.4. The van der Waals surface area contributed by atoms with Crippen molar-refractivity contribution in [2.75, 3.05) is 13.2 Å². The molecule has 2 atom stereocenters. The molecule has 444 valence electrons. The van der Waals surface area contributed by atoms with Gasteiger partial charge in [-0.15, -0.1) is 0 Å². The summed E-state index contributed by atoms with van der Waals surface area (Å²) in [5.74, 6) is -0.0440. The van der Waals surface area contributed by atoms with Gasteiger partial charge < -0.3 is 20.3 Å². The van der Waals surface area contributed by atoms with Gasteiger partial charge in [0.05, 0.1) is 25.4 Å². The van der Waals surface area contributed by atoms with E-state index < -0.39 is 12.1 Å². The van der Waals surface area contributed by atoms with Crippen molar-refractivity contribution in [3.8, 4) is 0 Å². The first-order valence-electron chi connectivity index (χ1n) is 34.1. The van der Waals surface area contributed by atoms with Crippen LogP contribution in [0.15, 0.2) is 24.3 Å². The molecular weight excluding hydrogens is 923 g/mol. The summed E-state index contributed by atoms with van der Waals surface area (Å²) in [5, 5.41) is 23.0. The highest BCUT2D eigenvalue weighted by atomic mass is 16.5. The largest absolute Gasteiger partial charge is 0.466 e. The number of nitrogens with one attached hydrogen (secondary N) is 1. The molecule has 0 aromatic heterocycles. The molecule has 0 rings (SSSR count). The number of hydrogen-bond acceptors (Lipinski definition) is 5. The highest BCUT2D eigenvalue weighted by molar-refractivity contribution is 5.76. The van der Waals surface area contributed by atoms with Crippen molar-refractivity contribution in [2.24, 2.45) is 0 Å². The molecule has 0 aliphatic carbocycles. The lowest BCUT2D eigenvalue weighted by Crippen LogP contribution is -2.45. The van der Waals surface area contributed by atoms with E-state index in [0.29, 0.717) is 19.4 Å². The number of carbonyl (C=O) groups excluding carboxylic acids is 2. The lowest BCUT2D eigenvalue weighted by molar-refractivity contribution is -0.143. The van der Waals surface area contributed by atoms with Gasteiger partial charge in [0.2, 0.25) is 5.91 Å². The van der Waals surface area contributed by atoms with Crippen LogP contribution >= 0.6 is 0 Å². The second kappa shape index (κ2) is 64.9. The van der Waals surface area contributed by atoms with Gasteiger partial charge in [-0.1, -0.05) is 334 Å². The van der Waals surface area contributed by atoms with E-state index in [2.05, 4.69) is 31.3 Å². The summed E-state index contributed by atoms with van der Waals surface area (Å²) in [6, 6.07) is -0.624. The highest BCUT2D eigenvalue weighted by Crippen LogP contribution is 2.18. The molecule has 3 N–H and O–H groups in total. The maximum Gasteiger partial charge on any atom is 0.305 e. The fourth-order valence-electron chi connectivity index (χ4n) is 10.7. The van der Waals surface area contributed by atoms with Gasteiger partial charge in [-0.25, -0.2) is 0 Å². The molecule has 6 heteroatoms. The zero-order valence-corrected chi connectivity index (χ0v) is 50.8. The number of hydrogen-bond donors (Lipinski definition) is 3. The number of aliphatic hydroxyl groups is 2. The van der Waals surface area contributed by atoms with Crippen LogP contribution in [0.3, 0.4) is 0 Å². The summed E-state index contributed by atoms with van der Waals surface area (Å²) < 4.78 is 5.50. The fourth-order valence-corrected chi connectivity index (χ4v) is 10.7. The van der Waals surface area contributed by atoms with Crippen molar-refractivity contribution in [1.82, 2.24) is 5.32 Å². The van der Waals surface area contributed by atoms with Crippen LogP contribution in [0.1, 0.15) is 380 Å². The van der Waals surface area contributed by atoms with Crippen molar-refractivity contribution in [2.45, 2.75) is 392 Å². The molecule has 0 bridgehead atoms. The minimum Gasteiger partial charge on any atom is -0.466 e. The molecule has 0 heterocycles. The summed E-state index contributed by atoms with van der Waals surface area (Å²) >= 11 is 0. The molecule has 0 saturated carbocycles. The van der Waals surface area contributed by atoms with E-state index in [1.54, 1.807) is 6.08 Å². The van der Waals surface area contributed by atoms with Crippen LogP contribution in [-0.2, 0) is 14.3 Å². The van der Waals surface area contributed by atoms with E-state index in [1.165, 1.54) is 315 Å². The molecule has 75 heavy (non-hydrogen) atoms. The smallest absolute Gasteiger partial charge is 0.305 e. The number of aliphatic hydroxyl groups excluding tert-OH is 2. The Labute approximate surface area is 469 Å². The molecule has 1 amide bonds. The molecule has 2 unspecified atom stereocenters. The maximum absolute atomic E-state index is 12.4. The van der Waals surface area contributed by atoms with Crippen LogP contribution in [0.25, 0.3) is 0 Å². The van der Waals surface area contributed by atoms with E-state index in [9.17, 15) is 19.8 Å². The van der Waals surface area contributed by atoms with Crippen LogP contribution in [0.5, 0.6) is 0 Å². The number of carbonyl (C=O) groups is 2. The van der Waals surface area contributed by atoms with Gasteiger partial charge >= 0.3 is 5.97 Å². The first-order chi connectivity index (χ1) is 37.0. The van der Waals surface area contributed by atoms with Gasteiger partial charge in [-0.2, -0.15) is 0 Å². The van der Waals surface area contributed by atoms with Gasteiger partial charge in [0.1, 0.15) is 0 Å². The zero-order chi connectivity index (χ0) is 54.3. The fraction of sp³-hybridized carbons (Fsp3) is 0.913. The van der Waals surface area contributed by atoms with Crippen molar-refractivity contribution < 1.29 is 24.5 Å². The van der Waals surface area contributed by atoms with E-state index >= 15 is 0 Å². The molecule has 0 aliphatic heterocycles. The Morgan fingerprint density at radius 1 is 0.360 bits per heavy atom. The highest BCUT2D eigenvalue weighted by Gasteiger charge is 2.18. The Bertz CT molecular complexity index is 1170. The third kappa shape index (κ3) is 61.4. The van der Waals surface area contributed by atoms with E-state index in [0.717, 1.165) is 38.5 Å². The minimum absolute atomic E-state index is 0.0218.